The van der Waals surface area contributed by atoms with E-state index in [1.165, 1.54) is 15.5 Å². The first-order valence-electron chi connectivity index (χ1n) is 9.01. The molecule has 7 nitrogen and oxygen atoms in total. The van der Waals surface area contributed by atoms with Crippen LogP contribution in [-0.4, -0.2) is 43.4 Å². The van der Waals surface area contributed by atoms with E-state index in [1.807, 2.05) is 13.0 Å². The van der Waals surface area contributed by atoms with Gasteiger partial charge in [0.05, 0.1) is 0 Å². The molecular formula is C19H21N3O4. The predicted molar refractivity (Wildman–Crippen MR) is 94.2 cm³/mol. The lowest BCUT2D eigenvalue weighted by atomic mass is 9.84. The maximum Gasteiger partial charge on any atom is 0.326 e. The number of aromatic nitrogens is 2. The summed E-state index contributed by atoms with van der Waals surface area (Å²) in [5.41, 5.74) is 0.824. The largest absolute Gasteiger partial charge is 0.480 e. The predicted octanol–water partition coefficient (Wildman–Crippen LogP) is 1.86. The number of carboxylic acid groups (broad SMARTS) is 1. The lowest BCUT2D eigenvalue weighted by molar-refractivity contribution is -0.141. The van der Waals surface area contributed by atoms with Crippen molar-refractivity contribution in [2.24, 2.45) is 5.92 Å². The number of hydrogen-bond donors (Lipinski definition) is 1. The van der Waals surface area contributed by atoms with Crippen LogP contribution in [0.2, 0.25) is 0 Å². The van der Waals surface area contributed by atoms with Crippen molar-refractivity contribution in [3.63, 3.8) is 0 Å². The number of fused-ring (bicyclic) bond motifs is 2. The first-order chi connectivity index (χ1) is 12.5. The van der Waals surface area contributed by atoms with Gasteiger partial charge in [0.2, 0.25) is 0 Å². The first kappa shape index (κ1) is 16.8. The molecule has 0 aromatic carbocycles. The lowest BCUT2D eigenvalue weighted by Gasteiger charge is -2.32. The van der Waals surface area contributed by atoms with Gasteiger partial charge in [-0.3, -0.25) is 14.0 Å². The van der Waals surface area contributed by atoms with Crippen LogP contribution in [0.25, 0.3) is 5.65 Å². The quantitative estimate of drug-likeness (QED) is 0.888. The van der Waals surface area contributed by atoms with Crippen molar-refractivity contribution in [1.82, 2.24) is 14.3 Å². The third-order valence-corrected chi connectivity index (χ3v) is 5.69. The average Bonchev–Trinajstić information content (AvgIpc) is 3.02. The zero-order valence-corrected chi connectivity index (χ0v) is 14.6. The number of hydrogen-bond acceptors (Lipinski definition) is 4. The SMILES string of the molecule is Cc1ccc2ncc(C(=O)N3[C@@H]4CCCC[C@H]4C[C@H]3C(=O)O)c(=O)n2c1. The maximum absolute atomic E-state index is 13.2. The van der Waals surface area contributed by atoms with Gasteiger partial charge in [0.15, 0.2) is 0 Å². The minimum Gasteiger partial charge on any atom is -0.480 e. The number of aliphatic carboxylic acids is 1. The monoisotopic (exact) mass is 355 g/mol. The van der Waals surface area contributed by atoms with Crippen LogP contribution in [0.1, 0.15) is 48.0 Å². The summed E-state index contributed by atoms with van der Waals surface area (Å²) in [6.07, 6.45) is 7.16. The molecule has 1 amide bonds. The van der Waals surface area contributed by atoms with Crippen molar-refractivity contribution in [3.05, 3.63) is 46.0 Å². The summed E-state index contributed by atoms with van der Waals surface area (Å²) >= 11 is 0. The van der Waals surface area contributed by atoms with E-state index >= 15 is 0 Å². The molecule has 0 bridgehead atoms. The summed E-state index contributed by atoms with van der Waals surface area (Å²) in [6, 6.07) is 2.60. The average molecular weight is 355 g/mol. The van der Waals surface area contributed by atoms with E-state index in [-0.39, 0.29) is 17.5 Å². The molecule has 3 heterocycles. The van der Waals surface area contributed by atoms with Gasteiger partial charge in [0, 0.05) is 18.4 Å². The van der Waals surface area contributed by atoms with E-state index < -0.39 is 23.5 Å². The number of carbonyl (C=O) groups is 2. The molecule has 0 spiro atoms. The topological polar surface area (TPSA) is 92.0 Å². The Morgan fingerprint density at radius 2 is 2.00 bits per heavy atom. The van der Waals surface area contributed by atoms with Crippen molar-refractivity contribution in [2.75, 3.05) is 0 Å². The second-order valence-electron chi connectivity index (χ2n) is 7.33. The molecule has 26 heavy (non-hydrogen) atoms. The molecule has 1 saturated heterocycles. The Kier molecular flexibility index (Phi) is 4.01. The third kappa shape index (κ3) is 2.58. The molecule has 2 aliphatic rings. The van der Waals surface area contributed by atoms with Crippen LogP contribution in [0.4, 0.5) is 0 Å². The Morgan fingerprint density at radius 1 is 1.23 bits per heavy atom. The summed E-state index contributed by atoms with van der Waals surface area (Å²) < 4.78 is 1.35. The van der Waals surface area contributed by atoms with Crippen molar-refractivity contribution in [1.29, 1.82) is 0 Å². The van der Waals surface area contributed by atoms with Crippen LogP contribution in [0.5, 0.6) is 0 Å². The van der Waals surface area contributed by atoms with Crippen LogP contribution in [0, 0.1) is 12.8 Å². The third-order valence-electron chi connectivity index (χ3n) is 5.69. The van der Waals surface area contributed by atoms with E-state index in [2.05, 4.69) is 4.98 Å². The van der Waals surface area contributed by atoms with E-state index in [1.54, 1.807) is 12.3 Å². The van der Waals surface area contributed by atoms with E-state index in [4.69, 9.17) is 0 Å². The summed E-state index contributed by atoms with van der Waals surface area (Å²) in [5.74, 6) is -1.31. The van der Waals surface area contributed by atoms with E-state index in [9.17, 15) is 19.5 Å². The van der Waals surface area contributed by atoms with Crippen LogP contribution in [-0.2, 0) is 4.79 Å². The lowest BCUT2D eigenvalue weighted by Crippen LogP contribution is -2.47. The van der Waals surface area contributed by atoms with Gasteiger partial charge < -0.3 is 10.0 Å². The normalized spacial score (nSPS) is 25.3. The fraction of sp³-hybridized carbons (Fsp3) is 0.474. The number of carbonyl (C=O) groups excluding carboxylic acids is 1. The summed E-state index contributed by atoms with van der Waals surface area (Å²) in [4.78, 5) is 43.4. The molecule has 1 aliphatic carbocycles. The summed E-state index contributed by atoms with van der Waals surface area (Å²) in [7, 11) is 0. The fourth-order valence-corrected chi connectivity index (χ4v) is 4.44. The molecule has 0 radical (unpaired) electrons. The zero-order chi connectivity index (χ0) is 18.4. The fourth-order valence-electron chi connectivity index (χ4n) is 4.44. The van der Waals surface area contributed by atoms with Crippen LogP contribution >= 0.6 is 0 Å². The van der Waals surface area contributed by atoms with Gasteiger partial charge in [-0.15, -0.1) is 0 Å². The minimum absolute atomic E-state index is 0.0643. The van der Waals surface area contributed by atoms with Crippen molar-refractivity contribution >= 4 is 17.5 Å². The van der Waals surface area contributed by atoms with Crippen LogP contribution in [0.15, 0.2) is 29.3 Å². The molecule has 2 aromatic rings. The number of aryl methyl sites for hydroxylation is 1. The van der Waals surface area contributed by atoms with E-state index in [0.29, 0.717) is 12.1 Å². The highest BCUT2D eigenvalue weighted by molar-refractivity contribution is 5.97. The zero-order valence-electron chi connectivity index (χ0n) is 14.6. The van der Waals surface area contributed by atoms with Gasteiger partial charge in [-0.25, -0.2) is 9.78 Å². The smallest absolute Gasteiger partial charge is 0.326 e. The minimum atomic E-state index is -1.00. The molecule has 4 rings (SSSR count). The molecule has 2 fully saturated rings. The Hall–Kier alpha value is -2.70. The molecule has 0 unspecified atom stereocenters. The summed E-state index contributed by atoms with van der Waals surface area (Å²) in [5, 5.41) is 9.61. The highest BCUT2D eigenvalue weighted by Crippen LogP contribution is 2.40. The summed E-state index contributed by atoms with van der Waals surface area (Å²) in [6.45, 7) is 1.86. The molecule has 3 atom stereocenters. The molecule has 1 aliphatic heterocycles. The Balaban J connectivity index is 1.78. The van der Waals surface area contributed by atoms with Crippen LogP contribution < -0.4 is 5.56 Å². The number of rotatable bonds is 2. The number of nitrogens with zero attached hydrogens (tertiary/aromatic N) is 3. The highest BCUT2D eigenvalue weighted by Gasteiger charge is 2.48. The second-order valence-corrected chi connectivity index (χ2v) is 7.33. The maximum atomic E-state index is 13.2. The number of likely N-dealkylation sites (tertiary alicyclic amines) is 1. The standard InChI is InChI=1S/C19H21N3O4/c1-11-6-7-16-20-9-13(17(23)21(16)10-11)18(24)22-14-5-3-2-4-12(14)8-15(22)19(25)26/h6-7,9-10,12,14-15H,2-5,8H2,1H3,(H,25,26)/t12-,14+,15-/m0/s1. The molecule has 2 aromatic heterocycles. The number of pyridine rings is 1. The van der Waals surface area contributed by atoms with Crippen LogP contribution in [0.3, 0.4) is 0 Å². The van der Waals surface area contributed by atoms with Gasteiger partial charge >= 0.3 is 5.97 Å². The molecular weight excluding hydrogens is 334 g/mol. The Labute approximate surface area is 150 Å². The Morgan fingerprint density at radius 3 is 2.77 bits per heavy atom. The molecule has 7 heteroatoms. The van der Waals surface area contributed by atoms with Crippen molar-refractivity contribution in [3.8, 4) is 0 Å². The van der Waals surface area contributed by atoms with Crippen molar-refractivity contribution < 1.29 is 14.7 Å². The second kappa shape index (κ2) is 6.23. The van der Waals surface area contributed by atoms with Gasteiger partial charge in [-0.1, -0.05) is 18.9 Å². The molecule has 1 saturated carbocycles. The van der Waals surface area contributed by atoms with Crippen molar-refractivity contribution in [2.45, 2.75) is 51.1 Å². The number of amides is 1. The first-order valence-corrected chi connectivity index (χ1v) is 9.01. The number of carboxylic acids is 1. The molecule has 136 valence electrons. The molecule has 1 N–H and O–H groups in total. The Bertz CT molecular complexity index is 951. The van der Waals surface area contributed by atoms with Gasteiger partial charge in [-0.2, -0.15) is 0 Å². The van der Waals surface area contributed by atoms with Gasteiger partial charge in [0.25, 0.3) is 11.5 Å². The highest BCUT2D eigenvalue weighted by atomic mass is 16.4. The van der Waals surface area contributed by atoms with E-state index in [0.717, 1.165) is 31.2 Å². The van der Waals surface area contributed by atoms with Gasteiger partial charge in [0.1, 0.15) is 17.3 Å². The van der Waals surface area contributed by atoms with Gasteiger partial charge in [-0.05, 0) is 43.7 Å².